The highest BCUT2D eigenvalue weighted by Crippen LogP contribution is 2.72. The van der Waals surface area contributed by atoms with Crippen molar-refractivity contribution in [3.63, 3.8) is 0 Å². The molecule has 5 rings (SSSR count). The van der Waals surface area contributed by atoms with E-state index >= 15 is 0 Å². The zero-order valence-corrected chi connectivity index (χ0v) is 20.9. The number of hydrogen-bond donors (Lipinski definition) is 2. The van der Waals surface area contributed by atoms with Crippen LogP contribution in [0.1, 0.15) is 105 Å². The summed E-state index contributed by atoms with van der Waals surface area (Å²) in [6.07, 6.45) is 15.6. The molecular weight excluding hydrogens is 380 g/mol. The lowest BCUT2D eigenvalue weighted by Gasteiger charge is -2.61. The van der Waals surface area contributed by atoms with E-state index in [1.807, 2.05) is 0 Å². The van der Waals surface area contributed by atoms with Crippen molar-refractivity contribution in [1.29, 1.82) is 0 Å². The molecule has 176 valence electrons. The fourth-order valence-corrected chi connectivity index (χ4v) is 9.80. The predicted molar refractivity (Wildman–Crippen MR) is 127 cm³/mol. The molecule has 0 aliphatic heterocycles. The smallest absolute Gasteiger partial charge is 0.0757 e. The summed E-state index contributed by atoms with van der Waals surface area (Å²) < 4.78 is 0. The van der Waals surface area contributed by atoms with Crippen LogP contribution in [0.25, 0.3) is 0 Å². The van der Waals surface area contributed by atoms with Crippen LogP contribution in [0.4, 0.5) is 0 Å². The number of aliphatic hydroxyl groups excluding tert-OH is 2. The van der Waals surface area contributed by atoms with Crippen LogP contribution in [0.15, 0.2) is 11.6 Å². The van der Waals surface area contributed by atoms with Gasteiger partial charge in [-0.3, -0.25) is 0 Å². The Balaban J connectivity index is 1.39. The van der Waals surface area contributed by atoms with Gasteiger partial charge in [0.2, 0.25) is 0 Å². The summed E-state index contributed by atoms with van der Waals surface area (Å²) in [5.41, 5.74) is 2.12. The lowest BCUT2D eigenvalue weighted by Crippen LogP contribution is -2.56. The van der Waals surface area contributed by atoms with E-state index in [1.165, 1.54) is 50.5 Å². The van der Waals surface area contributed by atoms with Crippen molar-refractivity contribution in [3.05, 3.63) is 11.6 Å². The van der Waals surface area contributed by atoms with Crippen LogP contribution in [0.5, 0.6) is 0 Å². The molecule has 0 aromatic carbocycles. The molecule has 4 fully saturated rings. The minimum atomic E-state index is -0.296. The maximum Gasteiger partial charge on any atom is 0.0757 e. The number of rotatable bonds is 5. The lowest BCUT2D eigenvalue weighted by molar-refractivity contribution is -0.105. The minimum absolute atomic E-state index is 0.0306. The zero-order chi connectivity index (χ0) is 22.2. The third kappa shape index (κ3) is 3.24. The summed E-state index contributed by atoms with van der Waals surface area (Å²) in [4.78, 5) is 0. The molecule has 5 aliphatic carbocycles. The summed E-state index contributed by atoms with van der Waals surface area (Å²) in [6, 6.07) is 0. The fraction of sp³-hybridized carbons (Fsp3) is 0.931. The maximum absolute atomic E-state index is 11.5. The first-order valence-electron chi connectivity index (χ1n) is 13.7. The van der Waals surface area contributed by atoms with E-state index in [1.54, 1.807) is 0 Å². The molecule has 0 radical (unpaired) electrons. The predicted octanol–water partition coefficient (Wildman–Crippen LogP) is 6.75. The van der Waals surface area contributed by atoms with Crippen LogP contribution in [0, 0.1) is 51.8 Å². The molecule has 1 spiro atoms. The van der Waals surface area contributed by atoms with E-state index < -0.39 is 0 Å². The van der Waals surface area contributed by atoms with E-state index in [0.717, 1.165) is 43.4 Å². The van der Waals surface area contributed by atoms with E-state index in [9.17, 15) is 10.2 Å². The molecule has 0 saturated heterocycles. The molecule has 31 heavy (non-hydrogen) atoms. The molecule has 0 aromatic rings. The van der Waals surface area contributed by atoms with Crippen molar-refractivity contribution in [3.8, 4) is 0 Å². The Bertz CT molecular complexity index is 720. The van der Waals surface area contributed by atoms with Crippen LogP contribution in [0.2, 0.25) is 0 Å². The van der Waals surface area contributed by atoms with Crippen LogP contribution < -0.4 is 0 Å². The SMILES string of the molecule is CC(C)CCC[C@@H](C)[C@H]1CC[C@H]2[C@@H]3[C@@H](O)C=C4C5(CC5)[C@H](O)CC[C@]4(C)[C@H]3CC[C@]12C. The van der Waals surface area contributed by atoms with E-state index in [2.05, 4.69) is 40.7 Å². The Morgan fingerprint density at radius 2 is 1.65 bits per heavy atom. The Kier molecular flexibility index (Phi) is 5.50. The zero-order valence-electron chi connectivity index (χ0n) is 20.9. The lowest BCUT2D eigenvalue weighted by atomic mass is 9.45. The van der Waals surface area contributed by atoms with Gasteiger partial charge in [0.25, 0.3) is 0 Å². The molecule has 5 aliphatic rings. The van der Waals surface area contributed by atoms with E-state index in [-0.39, 0.29) is 23.0 Å². The van der Waals surface area contributed by atoms with Gasteiger partial charge < -0.3 is 10.2 Å². The Morgan fingerprint density at radius 3 is 2.32 bits per heavy atom. The summed E-state index contributed by atoms with van der Waals surface area (Å²) in [6.45, 7) is 12.3. The van der Waals surface area contributed by atoms with Crippen LogP contribution in [-0.4, -0.2) is 22.4 Å². The second-order valence-electron chi connectivity index (χ2n) is 13.5. The largest absolute Gasteiger partial charge is 0.392 e. The Labute approximate surface area is 191 Å². The van der Waals surface area contributed by atoms with Gasteiger partial charge in [-0.15, -0.1) is 0 Å². The third-order valence-corrected chi connectivity index (χ3v) is 11.6. The van der Waals surface area contributed by atoms with E-state index in [4.69, 9.17) is 0 Å². The van der Waals surface area contributed by atoms with Crippen LogP contribution in [0.3, 0.4) is 0 Å². The summed E-state index contributed by atoms with van der Waals surface area (Å²) in [7, 11) is 0. The minimum Gasteiger partial charge on any atom is -0.392 e. The first kappa shape index (κ1) is 22.5. The molecule has 2 N–H and O–H groups in total. The molecule has 2 nitrogen and oxygen atoms in total. The molecule has 0 amide bonds. The van der Waals surface area contributed by atoms with Crippen LogP contribution in [-0.2, 0) is 0 Å². The van der Waals surface area contributed by atoms with Gasteiger partial charge in [0, 0.05) is 5.41 Å². The Hall–Kier alpha value is -0.340. The number of aliphatic hydroxyl groups is 2. The first-order chi connectivity index (χ1) is 14.6. The van der Waals surface area contributed by atoms with Gasteiger partial charge in [0.05, 0.1) is 12.2 Å². The molecule has 0 unspecified atom stereocenters. The highest BCUT2D eigenvalue weighted by molar-refractivity contribution is 5.38. The average molecular weight is 429 g/mol. The van der Waals surface area contributed by atoms with E-state index in [0.29, 0.717) is 23.2 Å². The monoisotopic (exact) mass is 428 g/mol. The van der Waals surface area contributed by atoms with Crippen molar-refractivity contribution in [2.45, 2.75) is 117 Å². The van der Waals surface area contributed by atoms with Crippen LogP contribution >= 0.6 is 0 Å². The van der Waals surface area contributed by atoms with Gasteiger partial charge in [0.1, 0.15) is 0 Å². The summed E-state index contributed by atoms with van der Waals surface area (Å²) in [5.74, 6) is 4.19. The Morgan fingerprint density at radius 1 is 0.903 bits per heavy atom. The second-order valence-corrected chi connectivity index (χ2v) is 13.5. The van der Waals surface area contributed by atoms with Gasteiger partial charge in [-0.25, -0.2) is 0 Å². The van der Waals surface area contributed by atoms with Gasteiger partial charge in [0.15, 0.2) is 0 Å². The highest BCUT2D eigenvalue weighted by Gasteiger charge is 2.66. The quantitative estimate of drug-likeness (QED) is 0.475. The van der Waals surface area contributed by atoms with Gasteiger partial charge in [-0.05, 0) is 97.7 Å². The van der Waals surface area contributed by atoms with Crippen molar-refractivity contribution in [2.24, 2.45) is 51.8 Å². The molecule has 9 atom stereocenters. The van der Waals surface area contributed by atoms with Crippen molar-refractivity contribution in [1.82, 2.24) is 0 Å². The third-order valence-electron chi connectivity index (χ3n) is 11.6. The summed E-state index contributed by atoms with van der Waals surface area (Å²) >= 11 is 0. The standard InChI is InChI=1S/C29H48O2/c1-18(2)7-6-8-19(3)20-9-10-21-26-22(11-13-27(20,21)4)28(5)14-12-25(31)29(15-16-29)24(28)17-23(26)30/h17-23,25-26,30-31H,6-16H2,1-5H3/t19-,20-,21+,22+,23+,25-,26+,27-,28-/m1/s1. The molecule has 0 bridgehead atoms. The number of fused-ring (bicyclic) bond motifs is 6. The second kappa shape index (κ2) is 7.59. The van der Waals surface area contributed by atoms with Crippen molar-refractivity contribution < 1.29 is 10.2 Å². The first-order valence-corrected chi connectivity index (χ1v) is 13.7. The molecule has 0 heterocycles. The molecule has 4 saturated carbocycles. The molecular formula is C29H48O2. The number of hydrogen-bond acceptors (Lipinski definition) is 2. The average Bonchev–Trinajstić information content (AvgIpc) is 3.42. The van der Waals surface area contributed by atoms with Gasteiger partial charge >= 0.3 is 0 Å². The normalized spacial score (nSPS) is 48.7. The van der Waals surface area contributed by atoms with Crippen molar-refractivity contribution >= 4 is 0 Å². The summed E-state index contributed by atoms with van der Waals surface area (Å²) in [5, 5.41) is 22.3. The topological polar surface area (TPSA) is 40.5 Å². The van der Waals surface area contributed by atoms with Gasteiger partial charge in [-0.1, -0.05) is 65.5 Å². The maximum atomic E-state index is 11.5. The fourth-order valence-electron chi connectivity index (χ4n) is 9.80. The highest BCUT2D eigenvalue weighted by atomic mass is 16.3. The van der Waals surface area contributed by atoms with Crippen molar-refractivity contribution in [2.75, 3.05) is 0 Å². The van der Waals surface area contributed by atoms with Gasteiger partial charge in [-0.2, -0.15) is 0 Å². The molecule has 2 heteroatoms. The molecule has 0 aromatic heterocycles.